The van der Waals surface area contributed by atoms with Gasteiger partial charge in [-0.25, -0.2) is 0 Å². The average molecular weight is 210 g/mol. The Hall–Kier alpha value is -1.76. The summed E-state index contributed by atoms with van der Waals surface area (Å²) in [6.07, 6.45) is 0. The van der Waals surface area contributed by atoms with Crippen LogP contribution >= 0.6 is 11.3 Å². The predicted octanol–water partition coefficient (Wildman–Crippen LogP) is 0.486. The SMILES string of the molecule is O=C(O)Cn1nnc(-c2ccsc2)n1. The third-order valence-electron chi connectivity index (χ3n) is 1.51. The van der Waals surface area contributed by atoms with E-state index in [4.69, 9.17) is 5.11 Å². The molecule has 2 heterocycles. The Bertz CT molecular complexity index is 436. The van der Waals surface area contributed by atoms with E-state index in [1.54, 1.807) is 0 Å². The Balaban J connectivity index is 2.22. The quantitative estimate of drug-likeness (QED) is 0.797. The molecule has 0 saturated heterocycles. The Labute approximate surface area is 82.8 Å². The molecule has 0 saturated carbocycles. The van der Waals surface area contributed by atoms with Crippen molar-refractivity contribution in [2.24, 2.45) is 0 Å². The highest BCUT2D eigenvalue weighted by Gasteiger charge is 2.07. The zero-order chi connectivity index (χ0) is 9.97. The second kappa shape index (κ2) is 3.54. The molecule has 0 radical (unpaired) electrons. The molecule has 0 aliphatic heterocycles. The number of thiophene rings is 1. The van der Waals surface area contributed by atoms with E-state index in [0.717, 1.165) is 10.4 Å². The lowest BCUT2D eigenvalue weighted by Crippen LogP contribution is -2.11. The summed E-state index contributed by atoms with van der Waals surface area (Å²) >= 11 is 1.52. The van der Waals surface area contributed by atoms with Crippen molar-refractivity contribution in [2.45, 2.75) is 6.54 Å². The smallest absolute Gasteiger partial charge is 0.327 e. The van der Waals surface area contributed by atoms with Crippen molar-refractivity contribution in [3.8, 4) is 11.4 Å². The number of aromatic nitrogens is 4. The minimum atomic E-state index is -0.987. The molecule has 2 rings (SSSR count). The van der Waals surface area contributed by atoms with Crippen LogP contribution in [0.1, 0.15) is 0 Å². The number of carbonyl (C=O) groups is 1. The number of carboxylic acids is 1. The lowest BCUT2D eigenvalue weighted by Gasteiger charge is -1.89. The Morgan fingerprint density at radius 2 is 2.50 bits per heavy atom. The monoisotopic (exact) mass is 210 g/mol. The standard InChI is InChI=1S/C7H6N4O2S/c12-6(13)3-11-9-7(8-10-11)5-1-2-14-4-5/h1-2,4H,3H2,(H,12,13). The highest BCUT2D eigenvalue weighted by Crippen LogP contribution is 2.16. The largest absolute Gasteiger partial charge is 0.480 e. The maximum absolute atomic E-state index is 10.3. The van der Waals surface area contributed by atoms with Gasteiger partial charge in [-0.05, 0) is 16.7 Å². The molecule has 2 aromatic heterocycles. The van der Waals surface area contributed by atoms with Crippen molar-refractivity contribution < 1.29 is 9.90 Å². The third kappa shape index (κ3) is 1.77. The fourth-order valence-corrected chi connectivity index (χ4v) is 1.57. The lowest BCUT2D eigenvalue weighted by atomic mass is 10.3. The van der Waals surface area contributed by atoms with Crippen LogP contribution in [0.2, 0.25) is 0 Å². The fraction of sp³-hybridized carbons (Fsp3) is 0.143. The number of hydrogen-bond donors (Lipinski definition) is 1. The molecule has 0 spiro atoms. The van der Waals surface area contributed by atoms with E-state index in [2.05, 4.69) is 15.4 Å². The van der Waals surface area contributed by atoms with Gasteiger partial charge in [0.15, 0.2) is 6.54 Å². The first kappa shape index (κ1) is 8.82. The molecule has 7 heteroatoms. The molecule has 14 heavy (non-hydrogen) atoms. The normalized spacial score (nSPS) is 10.3. The minimum absolute atomic E-state index is 0.267. The molecule has 0 aliphatic rings. The van der Waals surface area contributed by atoms with Crippen LogP contribution in [0.25, 0.3) is 11.4 Å². The number of aliphatic carboxylic acids is 1. The summed E-state index contributed by atoms with van der Waals surface area (Å²) in [6.45, 7) is -0.267. The van der Waals surface area contributed by atoms with Gasteiger partial charge in [0, 0.05) is 10.9 Å². The van der Waals surface area contributed by atoms with Crippen molar-refractivity contribution in [2.75, 3.05) is 0 Å². The summed E-state index contributed by atoms with van der Waals surface area (Å²) in [6, 6.07) is 1.85. The van der Waals surface area contributed by atoms with Crippen LogP contribution in [0.5, 0.6) is 0 Å². The molecular formula is C7H6N4O2S. The van der Waals surface area contributed by atoms with Crippen LogP contribution in [-0.4, -0.2) is 31.3 Å². The molecule has 0 fully saturated rings. The number of tetrazole rings is 1. The lowest BCUT2D eigenvalue weighted by molar-refractivity contribution is -0.138. The second-order valence-corrected chi connectivity index (χ2v) is 3.33. The zero-order valence-electron chi connectivity index (χ0n) is 6.99. The van der Waals surface area contributed by atoms with Gasteiger partial charge in [0.25, 0.3) is 0 Å². The van der Waals surface area contributed by atoms with Gasteiger partial charge in [0.05, 0.1) is 0 Å². The van der Waals surface area contributed by atoms with Crippen LogP contribution in [-0.2, 0) is 11.3 Å². The fourth-order valence-electron chi connectivity index (χ4n) is 0.938. The summed E-state index contributed by atoms with van der Waals surface area (Å²) in [5.74, 6) is -0.535. The first-order chi connectivity index (χ1) is 6.75. The van der Waals surface area contributed by atoms with Crippen molar-refractivity contribution in [1.82, 2.24) is 20.2 Å². The van der Waals surface area contributed by atoms with Crippen LogP contribution in [0.15, 0.2) is 16.8 Å². The number of hydrogen-bond acceptors (Lipinski definition) is 5. The number of carboxylic acid groups (broad SMARTS) is 1. The molecule has 0 bridgehead atoms. The Morgan fingerprint density at radius 1 is 1.64 bits per heavy atom. The van der Waals surface area contributed by atoms with Crippen molar-refractivity contribution in [1.29, 1.82) is 0 Å². The molecule has 0 atom stereocenters. The summed E-state index contributed by atoms with van der Waals surface area (Å²) in [4.78, 5) is 11.4. The number of nitrogens with zero attached hydrogens (tertiary/aromatic N) is 4. The minimum Gasteiger partial charge on any atom is -0.480 e. The summed E-state index contributed by atoms with van der Waals surface area (Å²) in [5.41, 5.74) is 0.853. The molecular weight excluding hydrogens is 204 g/mol. The van der Waals surface area contributed by atoms with E-state index in [0.29, 0.717) is 5.82 Å². The predicted molar refractivity (Wildman–Crippen MR) is 48.8 cm³/mol. The molecule has 0 aromatic carbocycles. The van der Waals surface area contributed by atoms with Gasteiger partial charge in [-0.1, -0.05) is 0 Å². The maximum atomic E-state index is 10.3. The van der Waals surface area contributed by atoms with Gasteiger partial charge in [-0.15, -0.1) is 10.2 Å². The van der Waals surface area contributed by atoms with Crippen molar-refractivity contribution in [3.05, 3.63) is 16.8 Å². The van der Waals surface area contributed by atoms with Gasteiger partial charge in [0.1, 0.15) is 0 Å². The van der Waals surface area contributed by atoms with E-state index in [1.165, 1.54) is 11.3 Å². The summed E-state index contributed by atoms with van der Waals surface area (Å²) < 4.78 is 0. The summed E-state index contributed by atoms with van der Waals surface area (Å²) in [5, 5.41) is 23.5. The maximum Gasteiger partial charge on any atom is 0.327 e. The first-order valence-electron chi connectivity index (χ1n) is 3.78. The third-order valence-corrected chi connectivity index (χ3v) is 2.19. The van der Waals surface area contributed by atoms with E-state index in [-0.39, 0.29) is 6.54 Å². The molecule has 0 unspecified atom stereocenters. The highest BCUT2D eigenvalue weighted by molar-refractivity contribution is 7.08. The van der Waals surface area contributed by atoms with E-state index >= 15 is 0 Å². The Morgan fingerprint density at radius 3 is 3.14 bits per heavy atom. The topological polar surface area (TPSA) is 80.9 Å². The molecule has 0 aliphatic carbocycles. The van der Waals surface area contributed by atoms with Gasteiger partial charge in [0.2, 0.25) is 5.82 Å². The highest BCUT2D eigenvalue weighted by atomic mass is 32.1. The average Bonchev–Trinajstić information content (AvgIpc) is 2.69. The first-order valence-corrected chi connectivity index (χ1v) is 4.72. The van der Waals surface area contributed by atoms with E-state index in [1.807, 2.05) is 16.8 Å². The summed E-state index contributed by atoms with van der Waals surface area (Å²) in [7, 11) is 0. The van der Waals surface area contributed by atoms with Gasteiger partial charge >= 0.3 is 5.97 Å². The van der Waals surface area contributed by atoms with Crippen LogP contribution < -0.4 is 0 Å². The molecule has 0 amide bonds. The molecule has 1 N–H and O–H groups in total. The van der Waals surface area contributed by atoms with Crippen molar-refractivity contribution in [3.63, 3.8) is 0 Å². The van der Waals surface area contributed by atoms with Crippen LogP contribution in [0.4, 0.5) is 0 Å². The Kier molecular flexibility index (Phi) is 2.23. The zero-order valence-corrected chi connectivity index (χ0v) is 7.81. The van der Waals surface area contributed by atoms with E-state index < -0.39 is 5.97 Å². The molecule has 2 aromatic rings. The van der Waals surface area contributed by atoms with Crippen LogP contribution in [0, 0.1) is 0 Å². The van der Waals surface area contributed by atoms with Gasteiger partial charge < -0.3 is 5.11 Å². The van der Waals surface area contributed by atoms with Gasteiger partial charge in [-0.2, -0.15) is 16.1 Å². The second-order valence-electron chi connectivity index (χ2n) is 2.55. The van der Waals surface area contributed by atoms with Crippen LogP contribution in [0.3, 0.4) is 0 Å². The van der Waals surface area contributed by atoms with Gasteiger partial charge in [-0.3, -0.25) is 4.79 Å². The molecule has 6 nitrogen and oxygen atoms in total. The molecule has 72 valence electrons. The van der Waals surface area contributed by atoms with Crippen molar-refractivity contribution >= 4 is 17.3 Å². The number of rotatable bonds is 3. The van der Waals surface area contributed by atoms with E-state index in [9.17, 15) is 4.79 Å².